The average molecular weight is 504 g/mol. The Morgan fingerprint density at radius 2 is 1.65 bits per heavy atom. The Balaban J connectivity index is 1.57. The molecule has 2 N–H and O–H groups in total. The first-order chi connectivity index (χ1) is 16.2. The van der Waals surface area contributed by atoms with E-state index in [2.05, 4.69) is 28.8 Å². The SMILES string of the molecule is COc1ccc(NS(=O)(=O)c2ccc(-c3ccc(F)c(Cl)c3)cc2)cc1N1C[C@@H](C)N[C@@H](C)C1. The van der Waals surface area contributed by atoms with Crippen LogP contribution >= 0.6 is 11.6 Å². The van der Waals surface area contributed by atoms with Crippen LogP contribution < -0.4 is 19.7 Å². The number of piperazine rings is 1. The van der Waals surface area contributed by atoms with E-state index in [9.17, 15) is 12.8 Å². The topological polar surface area (TPSA) is 70.7 Å². The first-order valence-electron chi connectivity index (χ1n) is 10.9. The van der Waals surface area contributed by atoms with Crippen LogP contribution in [0.1, 0.15) is 13.8 Å². The highest BCUT2D eigenvalue weighted by atomic mass is 35.5. The average Bonchev–Trinajstić information content (AvgIpc) is 2.80. The lowest BCUT2D eigenvalue weighted by molar-refractivity contribution is 0.391. The predicted octanol–water partition coefficient (Wildman–Crippen LogP) is 5.14. The van der Waals surface area contributed by atoms with Crippen molar-refractivity contribution in [3.63, 3.8) is 0 Å². The van der Waals surface area contributed by atoms with Crippen LogP contribution in [0.4, 0.5) is 15.8 Å². The van der Waals surface area contributed by atoms with Crippen LogP contribution in [0.15, 0.2) is 65.6 Å². The molecule has 180 valence electrons. The zero-order valence-electron chi connectivity index (χ0n) is 19.2. The molecule has 3 aromatic carbocycles. The van der Waals surface area contributed by atoms with Crippen molar-refractivity contribution < 1.29 is 17.5 Å². The van der Waals surface area contributed by atoms with Crippen LogP contribution in [0.2, 0.25) is 5.02 Å². The summed E-state index contributed by atoms with van der Waals surface area (Å²) in [5.74, 6) is 0.184. The van der Waals surface area contributed by atoms with E-state index in [1.54, 1.807) is 43.5 Å². The number of sulfonamides is 1. The van der Waals surface area contributed by atoms with Crippen molar-refractivity contribution in [2.75, 3.05) is 29.8 Å². The molecular weight excluding hydrogens is 477 g/mol. The third-order valence-electron chi connectivity index (χ3n) is 5.75. The zero-order chi connectivity index (χ0) is 24.5. The van der Waals surface area contributed by atoms with Gasteiger partial charge >= 0.3 is 0 Å². The molecule has 0 aliphatic carbocycles. The lowest BCUT2D eigenvalue weighted by Crippen LogP contribution is -2.54. The Hall–Kier alpha value is -2.81. The van der Waals surface area contributed by atoms with E-state index < -0.39 is 15.8 Å². The van der Waals surface area contributed by atoms with E-state index in [0.717, 1.165) is 24.3 Å². The number of methoxy groups -OCH3 is 1. The molecule has 6 nitrogen and oxygen atoms in total. The Morgan fingerprint density at radius 3 is 2.26 bits per heavy atom. The predicted molar refractivity (Wildman–Crippen MR) is 135 cm³/mol. The Morgan fingerprint density at radius 1 is 1.00 bits per heavy atom. The van der Waals surface area contributed by atoms with Crippen LogP contribution in [0.3, 0.4) is 0 Å². The molecule has 2 atom stereocenters. The van der Waals surface area contributed by atoms with E-state index in [1.807, 2.05) is 0 Å². The first-order valence-corrected chi connectivity index (χ1v) is 12.8. The maximum Gasteiger partial charge on any atom is 0.261 e. The maximum atomic E-state index is 13.4. The Kier molecular flexibility index (Phi) is 7.02. The van der Waals surface area contributed by atoms with Crippen molar-refractivity contribution in [1.29, 1.82) is 0 Å². The summed E-state index contributed by atoms with van der Waals surface area (Å²) in [7, 11) is -2.22. The highest BCUT2D eigenvalue weighted by Gasteiger charge is 2.24. The van der Waals surface area contributed by atoms with Gasteiger partial charge in [0.15, 0.2) is 0 Å². The van der Waals surface area contributed by atoms with Crippen LogP contribution in [0.25, 0.3) is 11.1 Å². The minimum Gasteiger partial charge on any atom is -0.495 e. The lowest BCUT2D eigenvalue weighted by atomic mass is 10.1. The summed E-state index contributed by atoms with van der Waals surface area (Å²) in [6.45, 7) is 5.80. The van der Waals surface area contributed by atoms with Crippen molar-refractivity contribution in [3.05, 3.63) is 71.5 Å². The Bertz CT molecular complexity index is 1280. The van der Waals surface area contributed by atoms with Crippen molar-refractivity contribution >= 4 is 33.0 Å². The van der Waals surface area contributed by atoms with Crippen LogP contribution in [0.5, 0.6) is 5.75 Å². The van der Waals surface area contributed by atoms with Crippen LogP contribution in [0, 0.1) is 5.82 Å². The van der Waals surface area contributed by atoms with Gasteiger partial charge in [-0.3, -0.25) is 4.72 Å². The molecule has 4 rings (SSSR count). The molecule has 1 heterocycles. The summed E-state index contributed by atoms with van der Waals surface area (Å²) in [6.07, 6.45) is 0. The second-order valence-corrected chi connectivity index (χ2v) is 10.6. The maximum absolute atomic E-state index is 13.4. The smallest absolute Gasteiger partial charge is 0.261 e. The van der Waals surface area contributed by atoms with Gasteiger partial charge < -0.3 is 15.0 Å². The fourth-order valence-electron chi connectivity index (χ4n) is 4.24. The van der Waals surface area contributed by atoms with Gasteiger partial charge in [0, 0.05) is 25.2 Å². The van der Waals surface area contributed by atoms with Crippen molar-refractivity contribution in [3.8, 4) is 16.9 Å². The molecule has 0 amide bonds. The lowest BCUT2D eigenvalue weighted by Gasteiger charge is -2.38. The molecular formula is C25H27ClFN3O3S. The van der Waals surface area contributed by atoms with Gasteiger partial charge in [-0.25, -0.2) is 12.8 Å². The number of anilines is 2. The minimum absolute atomic E-state index is 0.0134. The molecule has 0 unspecified atom stereocenters. The number of hydrogen-bond acceptors (Lipinski definition) is 5. The quantitative estimate of drug-likeness (QED) is 0.487. The monoisotopic (exact) mass is 503 g/mol. The van der Waals surface area contributed by atoms with Crippen molar-refractivity contribution in [2.45, 2.75) is 30.8 Å². The molecule has 1 aliphatic rings. The molecule has 0 aromatic heterocycles. The van der Waals surface area contributed by atoms with E-state index in [1.165, 1.54) is 24.3 Å². The number of ether oxygens (including phenoxy) is 1. The van der Waals surface area contributed by atoms with Gasteiger partial charge in [-0.1, -0.05) is 29.8 Å². The molecule has 34 heavy (non-hydrogen) atoms. The van der Waals surface area contributed by atoms with Gasteiger partial charge in [-0.2, -0.15) is 0 Å². The summed E-state index contributed by atoms with van der Waals surface area (Å²) in [5.41, 5.74) is 2.72. The van der Waals surface area contributed by atoms with Gasteiger partial charge in [-0.15, -0.1) is 0 Å². The number of nitrogens with one attached hydrogen (secondary N) is 2. The van der Waals surface area contributed by atoms with Gasteiger partial charge in [0.1, 0.15) is 11.6 Å². The van der Waals surface area contributed by atoms with E-state index in [4.69, 9.17) is 16.3 Å². The number of halogens is 2. The second kappa shape index (κ2) is 9.82. The summed E-state index contributed by atoms with van der Waals surface area (Å²) >= 11 is 5.87. The summed E-state index contributed by atoms with van der Waals surface area (Å²) in [5, 5.41) is 3.51. The number of hydrogen-bond donors (Lipinski definition) is 2. The molecule has 1 saturated heterocycles. The fourth-order valence-corrected chi connectivity index (χ4v) is 5.47. The number of rotatable bonds is 6. The molecule has 0 saturated carbocycles. The molecule has 0 bridgehead atoms. The van der Waals surface area contributed by atoms with Gasteiger partial charge in [0.05, 0.1) is 28.4 Å². The molecule has 3 aromatic rings. The Labute approximate surface area is 204 Å². The fraction of sp³-hybridized carbons (Fsp3) is 0.280. The van der Waals surface area contributed by atoms with Crippen LogP contribution in [-0.2, 0) is 10.0 Å². The van der Waals surface area contributed by atoms with Gasteiger partial charge in [0.2, 0.25) is 0 Å². The number of benzene rings is 3. The molecule has 0 spiro atoms. The van der Waals surface area contributed by atoms with Crippen LogP contribution in [-0.4, -0.2) is 40.7 Å². The van der Waals surface area contributed by atoms with Gasteiger partial charge in [0.25, 0.3) is 10.0 Å². The molecule has 0 radical (unpaired) electrons. The largest absolute Gasteiger partial charge is 0.495 e. The molecule has 1 fully saturated rings. The van der Waals surface area contributed by atoms with Gasteiger partial charge in [-0.05, 0) is 67.4 Å². The first kappa shape index (κ1) is 24.3. The third kappa shape index (κ3) is 5.29. The highest BCUT2D eigenvalue weighted by molar-refractivity contribution is 7.92. The zero-order valence-corrected chi connectivity index (χ0v) is 20.8. The summed E-state index contributed by atoms with van der Waals surface area (Å²) in [4.78, 5) is 2.32. The third-order valence-corrected chi connectivity index (χ3v) is 7.43. The highest BCUT2D eigenvalue weighted by Crippen LogP contribution is 2.33. The molecule has 9 heteroatoms. The van der Waals surface area contributed by atoms with Crippen molar-refractivity contribution in [2.24, 2.45) is 0 Å². The second-order valence-electron chi connectivity index (χ2n) is 8.52. The summed E-state index contributed by atoms with van der Waals surface area (Å²) in [6, 6.07) is 16.6. The number of nitrogens with zero attached hydrogens (tertiary/aromatic N) is 1. The van der Waals surface area contributed by atoms with Crippen molar-refractivity contribution in [1.82, 2.24) is 5.32 Å². The normalized spacial score (nSPS) is 18.6. The molecule has 1 aliphatic heterocycles. The minimum atomic E-state index is -3.82. The van der Waals surface area contributed by atoms with E-state index >= 15 is 0 Å². The van der Waals surface area contributed by atoms with E-state index in [0.29, 0.717) is 29.1 Å². The standard InChI is InChI=1S/C25H27ClFN3O3S/c1-16-14-30(15-17(2)28-16)24-13-20(7-11-25(24)33-3)29-34(31,32)21-8-4-18(5-9-21)19-6-10-23(27)22(26)12-19/h4-13,16-17,28-29H,14-15H2,1-3H3/t16-,17+. The summed E-state index contributed by atoms with van der Waals surface area (Å²) < 4.78 is 47.8. The van der Waals surface area contributed by atoms with E-state index in [-0.39, 0.29) is 9.92 Å².